The van der Waals surface area contributed by atoms with Crippen molar-refractivity contribution in [3.63, 3.8) is 0 Å². The maximum atomic E-state index is 12.4. The first-order chi connectivity index (χ1) is 13.0. The van der Waals surface area contributed by atoms with Crippen LogP contribution in [0.1, 0.15) is 23.0 Å². The van der Waals surface area contributed by atoms with Crippen LogP contribution in [0.2, 0.25) is 0 Å². The predicted molar refractivity (Wildman–Crippen MR) is 110 cm³/mol. The fourth-order valence-corrected chi connectivity index (χ4v) is 3.74. The summed E-state index contributed by atoms with van der Waals surface area (Å²) in [4.78, 5) is 26.1. The first-order valence-corrected chi connectivity index (χ1v) is 9.49. The lowest BCUT2D eigenvalue weighted by atomic mass is 10.1. The summed E-state index contributed by atoms with van der Waals surface area (Å²) in [6.07, 6.45) is 3.32. The normalized spacial score (nSPS) is 15.4. The molecule has 27 heavy (non-hydrogen) atoms. The fraction of sp³-hybridized carbons (Fsp3) is 0.150. The smallest absolute Gasteiger partial charge is 0.338 e. The molecule has 1 amide bonds. The minimum absolute atomic E-state index is 0.151. The molecule has 5 nitrogen and oxygen atoms in total. The number of nitrogens with zero attached hydrogens (tertiary/aromatic N) is 1. The van der Waals surface area contributed by atoms with Gasteiger partial charge in [0.05, 0.1) is 17.1 Å². The highest BCUT2D eigenvalue weighted by Crippen LogP contribution is 2.33. The molecule has 1 aromatic heterocycles. The van der Waals surface area contributed by atoms with Crippen LogP contribution in [0.25, 0.3) is 17.4 Å². The van der Waals surface area contributed by atoms with Crippen LogP contribution in [-0.2, 0) is 9.53 Å². The second-order valence-corrected chi connectivity index (χ2v) is 7.26. The zero-order valence-corrected chi connectivity index (χ0v) is 16.3. The molecule has 7 heteroatoms. The van der Waals surface area contributed by atoms with Crippen molar-refractivity contribution in [2.75, 3.05) is 13.2 Å². The number of hydrogen-bond acceptors (Lipinski definition) is 6. The molecule has 0 atom stereocenters. The topological polar surface area (TPSA) is 59.8 Å². The monoisotopic (exact) mass is 399 g/mol. The predicted octanol–water partition coefficient (Wildman–Crippen LogP) is 4.51. The zero-order valence-electron chi connectivity index (χ0n) is 14.6. The average Bonchev–Trinajstić information content (AvgIpc) is 3.23. The molecule has 0 N–H and O–H groups in total. The number of esters is 1. The highest BCUT2D eigenvalue weighted by Gasteiger charge is 2.31. The number of thioether (sulfide) groups is 1. The minimum Gasteiger partial charge on any atom is -0.462 e. The number of carbonyl (C=O) groups is 2. The SMILES string of the molecule is C=CCN1C(=O)/C(=C/c2ccc(-c3ccc(C(=O)OCC)cc3)o2)SC1=S. The molecular formula is C20H17NO4S2. The third-order valence-electron chi connectivity index (χ3n) is 3.77. The van der Waals surface area contributed by atoms with Gasteiger partial charge in [0.25, 0.3) is 5.91 Å². The zero-order chi connectivity index (χ0) is 19.4. The molecule has 0 radical (unpaired) electrons. The Morgan fingerprint density at radius 1 is 1.30 bits per heavy atom. The molecule has 138 valence electrons. The maximum absolute atomic E-state index is 12.4. The summed E-state index contributed by atoms with van der Waals surface area (Å²) in [6.45, 7) is 6.12. The second-order valence-electron chi connectivity index (χ2n) is 5.58. The Kier molecular flexibility index (Phi) is 5.93. The number of thiocarbonyl (C=S) groups is 1. The van der Waals surface area contributed by atoms with Crippen molar-refractivity contribution in [3.8, 4) is 11.3 Å². The van der Waals surface area contributed by atoms with Crippen LogP contribution in [-0.4, -0.2) is 34.2 Å². The quantitative estimate of drug-likeness (QED) is 0.308. The molecular weight excluding hydrogens is 382 g/mol. The minimum atomic E-state index is -0.356. The average molecular weight is 399 g/mol. The number of hydrogen-bond donors (Lipinski definition) is 0. The van der Waals surface area contributed by atoms with E-state index >= 15 is 0 Å². The summed E-state index contributed by atoms with van der Waals surface area (Å²) in [6, 6.07) is 10.6. The molecule has 0 aliphatic carbocycles. The van der Waals surface area contributed by atoms with Crippen molar-refractivity contribution in [3.05, 3.63) is 65.3 Å². The van der Waals surface area contributed by atoms with Crippen LogP contribution < -0.4 is 0 Å². The van der Waals surface area contributed by atoms with Gasteiger partial charge in [0.1, 0.15) is 15.8 Å². The molecule has 1 aromatic carbocycles. The van der Waals surface area contributed by atoms with E-state index in [4.69, 9.17) is 21.4 Å². The summed E-state index contributed by atoms with van der Waals surface area (Å²) in [5.41, 5.74) is 1.31. The summed E-state index contributed by atoms with van der Waals surface area (Å²) >= 11 is 6.46. The van der Waals surface area contributed by atoms with Crippen molar-refractivity contribution in [1.29, 1.82) is 0 Å². The summed E-state index contributed by atoms with van der Waals surface area (Å²) in [5, 5.41) is 0. The van der Waals surface area contributed by atoms with E-state index in [2.05, 4.69) is 6.58 Å². The second kappa shape index (κ2) is 8.37. The van der Waals surface area contributed by atoms with Crippen LogP contribution >= 0.6 is 24.0 Å². The molecule has 2 aromatic rings. The lowest BCUT2D eigenvalue weighted by molar-refractivity contribution is -0.121. The van der Waals surface area contributed by atoms with Crippen molar-refractivity contribution in [2.45, 2.75) is 6.92 Å². The number of furan rings is 1. The van der Waals surface area contributed by atoms with Gasteiger partial charge in [-0.2, -0.15) is 0 Å². The van der Waals surface area contributed by atoms with Gasteiger partial charge in [-0.15, -0.1) is 6.58 Å². The van der Waals surface area contributed by atoms with Crippen molar-refractivity contribution in [1.82, 2.24) is 4.90 Å². The highest BCUT2D eigenvalue weighted by molar-refractivity contribution is 8.26. The largest absolute Gasteiger partial charge is 0.462 e. The van der Waals surface area contributed by atoms with Crippen LogP contribution in [0, 0.1) is 0 Å². The van der Waals surface area contributed by atoms with E-state index in [1.54, 1.807) is 49.4 Å². The molecule has 2 heterocycles. The molecule has 0 saturated carbocycles. The van der Waals surface area contributed by atoms with E-state index in [1.807, 2.05) is 6.07 Å². The number of benzene rings is 1. The van der Waals surface area contributed by atoms with E-state index in [0.29, 0.717) is 39.5 Å². The third kappa shape index (κ3) is 4.20. The van der Waals surface area contributed by atoms with Gasteiger partial charge >= 0.3 is 5.97 Å². The Labute approximate surface area is 166 Å². The van der Waals surface area contributed by atoms with E-state index in [0.717, 1.165) is 5.56 Å². The van der Waals surface area contributed by atoms with E-state index in [1.165, 1.54) is 16.7 Å². The fourth-order valence-electron chi connectivity index (χ4n) is 2.49. The number of rotatable bonds is 6. The van der Waals surface area contributed by atoms with Gasteiger partial charge in [0.2, 0.25) is 0 Å². The molecule has 0 bridgehead atoms. The molecule has 1 aliphatic rings. The van der Waals surface area contributed by atoms with Gasteiger partial charge in [-0.05, 0) is 31.2 Å². The first-order valence-electron chi connectivity index (χ1n) is 8.27. The Morgan fingerprint density at radius 3 is 2.70 bits per heavy atom. The van der Waals surface area contributed by atoms with E-state index < -0.39 is 0 Å². The standard InChI is InChI=1S/C20H17NO4S2/c1-3-11-21-18(22)17(27-20(21)26)12-15-9-10-16(25-15)13-5-7-14(8-6-13)19(23)24-4-2/h3,5-10,12H,1,4,11H2,2H3/b17-12-. The maximum Gasteiger partial charge on any atom is 0.338 e. The molecule has 1 aliphatic heterocycles. The summed E-state index contributed by atoms with van der Waals surface area (Å²) in [7, 11) is 0. The van der Waals surface area contributed by atoms with Crippen LogP contribution in [0.4, 0.5) is 0 Å². The number of amides is 1. The molecule has 1 fully saturated rings. The Morgan fingerprint density at radius 2 is 2.04 bits per heavy atom. The number of ether oxygens (including phenoxy) is 1. The van der Waals surface area contributed by atoms with Crippen molar-refractivity contribution in [2.24, 2.45) is 0 Å². The lowest BCUT2D eigenvalue weighted by Crippen LogP contribution is -2.27. The van der Waals surface area contributed by atoms with Gasteiger partial charge in [-0.1, -0.05) is 42.2 Å². The number of carbonyl (C=O) groups excluding carboxylic acids is 2. The van der Waals surface area contributed by atoms with Crippen LogP contribution in [0.5, 0.6) is 0 Å². The van der Waals surface area contributed by atoms with Crippen molar-refractivity contribution < 1.29 is 18.7 Å². The Hall–Kier alpha value is -2.64. The third-order valence-corrected chi connectivity index (χ3v) is 5.14. The summed E-state index contributed by atoms with van der Waals surface area (Å²) < 4.78 is 11.3. The van der Waals surface area contributed by atoms with Crippen molar-refractivity contribution >= 4 is 46.3 Å². The van der Waals surface area contributed by atoms with Crippen LogP contribution in [0.15, 0.2) is 58.4 Å². The molecule has 0 unspecified atom stereocenters. The van der Waals surface area contributed by atoms with E-state index in [-0.39, 0.29) is 11.9 Å². The lowest BCUT2D eigenvalue weighted by Gasteiger charge is -2.10. The molecule has 0 spiro atoms. The first kappa shape index (κ1) is 19.1. The van der Waals surface area contributed by atoms with Gasteiger partial charge in [0, 0.05) is 18.2 Å². The van der Waals surface area contributed by atoms with Gasteiger partial charge in [-0.3, -0.25) is 9.69 Å². The molecule has 3 rings (SSSR count). The van der Waals surface area contributed by atoms with Gasteiger partial charge in [0.15, 0.2) is 0 Å². The van der Waals surface area contributed by atoms with Gasteiger partial charge < -0.3 is 9.15 Å². The Bertz CT molecular complexity index is 928. The Balaban J connectivity index is 1.77. The summed E-state index contributed by atoms with van der Waals surface area (Å²) in [5.74, 6) is 0.684. The highest BCUT2D eigenvalue weighted by atomic mass is 32.2. The van der Waals surface area contributed by atoms with E-state index in [9.17, 15) is 9.59 Å². The molecule has 1 saturated heterocycles. The van der Waals surface area contributed by atoms with Gasteiger partial charge in [-0.25, -0.2) is 4.79 Å². The van der Waals surface area contributed by atoms with Crippen LogP contribution in [0.3, 0.4) is 0 Å².